The Balaban J connectivity index is 2.26. The van der Waals surface area contributed by atoms with E-state index in [-0.39, 0.29) is 41.6 Å². The lowest BCUT2D eigenvalue weighted by Crippen LogP contribution is -2.47. The summed E-state index contributed by atoms with van der Waals surface area (Å²) in [4.78, 5) is 14.1. The molecule has 1 saturated heterocycles. The largest absolute Gasteiger partial charge is 0.442 e. The molecule has 0 N–H and O–H groups in total. The summed E-state index contributed by atoms with van der Waals surface area (Å²) >= 11 is 6.29. The van der Waals surface area contributed by atoms with Gasteiger partial charge in [-0.3, -0.25) is 4.79 Å². The number of sulfone groups is 1. The van der Waals surface area contributed by atoms with Gasteiger partial charge < -0.3 is 13.9 Å². The Bertz CT molecular complexity index is 983. The summed E-state index contributed by atoms with van der Waals surface area (Å²) in [6.07, 6.45) is 0.0315. The Hall–Kier alpha value is -1.64. The zero-order chi connectivity index (χ0) is 20.0. The van der Waals surface area contributed by atoms with Gasteiger partial charge in [0, 0.05) is 25.2 Å². The number of halogens is 1. The molecule has 0 aliphatic carbocycles. The van der Waals surface area contributed by atoms with Gasteiger partial charge in [0.1, 0.15) is 10.4 Å². The van der Waals surface area contributed by atoms with Crippen molar-refractivity contribution in [2.75, 3.05) is 13.2 Å². The van der Waals surface area contributed by atoms with E-state index in [1.165, 1.54) is 13.0 Å². The van der Waals surface area contributed by atoms with E-state index < -0.39 is 26.2 Å². The van der Waals surface area contributed by atoms with Crippen LogP contribution in [0.15, 0.2) is 21.4 Å². The van der Waals surface area contributed by atoms with Crippen LogP contribution < -0.4 is 0 Å². The summed E-state index contributed by atoms with van der Waals surface area (Å²) in [6, 6.07) is 3.07. The molecule has 1 aliphatic rings. The first-order chi connectivity index (χ1) is 12.5. The molecular formula is C18H22ClNO6S. The molecule has 1 aromatic carbocycles. The first-order valence-electron chi connectivity index (χ1n) is 8.59. The molecular weight excluding hydrogens is 394 g/mol. The van der Waals surface area contributed by atoms with Gasteiger partial charge in [0.2, 0.25) is 20.7 Å². The number of nitrogens with zero attached hydrogens (tertiary/aromatic N) is 1. The maximum atomic E-state index is 13.6. The lowest BCUT2D eigenvalue weighted by molar-refractivity contribution is -0.155. The van der Waals surface area contributed by atoms with E-state index in [0.717, 1.165) is 0 Å². The maximum absolute atomic E-state index is 13.6. The van der Waals surface area contributed by atoms with E-state index in [1.54, 1.807) is 6.07 Å². The summed E-state index contributed by atoms with van der Waals surface area (Å²) in [5.41, 5.74) is 0.0390. The van der Waals surface area contributed by atoms with Crippen molar-refractivity contribution in [2.24, 2.45) is 0 Å². The van der Waals surface area contributed by atoms with Crippen LogP contribution in [-0.4, -0.2) is 37.5 Å². The minimum atomic E-state index is -4.20. The van der Waals surface area contributed by atoms with Gasteiger partial charge >= 0.3 is 5.97 Å². The molecule has 0 radical (unpaired) electrons. The lowest BCUT2D eigenvalue weighted by atomic mass is 9.97. The van der Waals surface area contributed by atoms with Crippen LogP contribution in [0.1, 0.15) is 46.4 Å². The molecule has 0 amide bonds. The minimum Gasteiger partial charge on any atom is -0.442 e. The van der Waals surface area contributed by atoms with Crippen LogP contribution in [0.3, 0.4) is 0 Å². The van der Waals surface area contributed by atoms with Crippen LogP contribution in [0.4, 0.5) is 0 Å². The van der Waals surface area contributed by atoms with Gasteiger partial charge in [-0.25, -0.2) is 13.4 Å². The lowest BCUT2D eigenvalue weighted by Gasteiger charge is -2.35. The summed E-state index contributed by atoms with van der Waals surface area (Å²) < 4.78 is 43.7. The fourth-order valence-electron chi connectivity index (χ4n) is 3.07. The minimum absolute atomic E-state index is 0.00266. The summed E-state index contributed by atoms with van der Waals surface area (Å²) in [5.74, 6) is -0.290. The third kappa shape index (κ3) is 3.46. The first-order valence-corrected chi connectivity index (χ1v) is 10.5. The van der Waals surface area contributed by atoms with Crippen LogP contribution >= 0.6 is 11.6 Å². The van der Waals surface area contributed by atoms with E-state index in [4.69, 9.17) is 25.5 Å². The molecule has 0 bridgehead atoms. The van der Waals surface area contributed by atoms with Crippen molar-refractivity contribution in [1.82, 2.24) is 4.98 Å². The highest BCUT2D eigenvalue weighted by molar-refractivity contribution is 7.93. The second-order valence-electron chi connectivity index (χ2n) is 7.61. The molecule has 27 heavy (non-hydrogen) atoms. The number of benzene rings is 1. The monoisotopic (exact) mass is 415 g/mol. The van der Waals surface area contributed by atoms with Gasteiger partial charge in [-0.2, -0.15) is 0 Å². The van der Waals surface area contributed by atoms with Gasteiger partial charge in [0.15, 0.2) is 5.58 Å². The maximum Gasteiger partial charge on any atom is 0.304 e. The van der Waals surface area contributed by atoms with Crippen molar-refractivity contribution < 1.29 is 27.1 Å². The highest BCUT2D eigenvalue weighted by Gasteiger charge is 2.51. The molecule has 1 fully saturated rings. The van der Waals surface area contributed by atoms with E-state index in [1.807, 2.05) is 20.8 Å². The van der Waals surface area contributed by atoms with Crippen LogP contribution in [0.5, 0.6) is 0 Å². The van der Waals surface area contributed by atoms with Crippen LogP contribution in [0.25, 0.3) is 11.1 Å². The number of aromatic nitrogens is 1. The molecule has 9 heteroatoms. The van der Waals surface area contributed by atoms with Crippen molar-refractivity contribution in [3.8, 4) is 0 Å². The summed E-state index contributed by atoms with van der Waals surface area (Å²) in [5, 5.41) is -0.00266. The van der Waals surface area contributed by atoms with Gasteiger partial charge in [-0.05, 0) is 12.1 Å². The number of rotatable bonds is 3. The number of fused-ring (bicyclic) bond motifs is 1. The average molecular weight is 416 g/mol. The predicted octanol–water partition coefficient (Wildman–Crippen LogP) is 3.62. The number of carbonyl (C=O) groups excluding carboxylic acids is 1. The van der Waals surface area contributed by atoms with Crippen molar-refractivity contribution in [2.45, 2.75) is 55.8 Å². The molecule has 2 heterocycles. The summed E-state index contributed by atoms with van der Waals surface area (Å²) in [7, 11) is -4.20. The third-order valence-electron chi connectivity index (χ3n) is 4.45. The fourth-order valence-corrected chi connectivity index (χ4v) is 5.54. The van der Waals surface area contributed by atoms with Crippen molar-refractivity contribution in [3.63, 3.8) is 0 Å². The molecule has 2 aromatic rings. The molecule has 0 atom stereocenters. The molecule has 3 rings (SSSR count). The molecule has 0 unspecified atom stereocenters. The Morgan fingerprint density at radius 2 is 1.89 bits per heavy atom. The van der Waals surface area contributed by atoms with Crippen LogP contribution in [0.2, 0.25) is 5.02 Å². The predicted molar refractivity (Wildman–Crippen MR) is 99.5 cm³/mol. The first kappa shape index (κ1) is 20.1. The fraction of sp³-hybridized carbons (Fsp3) is 0.556. The van der Waals surface area contributed by atoms with Crippen LogP contribution in [0, 0.1) is 0 Å². The standard InChI is InChI=1S/C18H22ClNO6S/c1-11(21)26-18(7-9-24-10-8-18)27(22,23)15-12(19)5-6-13-14(15)25-16(20-13)17(2,3)4/h5-6H,7-10H2,1-4H3. The second kappa shape index (κ2) is 6.76. The highest BCUT2D eigenvalue weighted by atomic mass is 35.5. The van der Waals surface area contributed by atoms with Crippen LogP contribution in [-0.2, 0) is 29.5 Å². The van der Waals surface area contributed by atoms with Gasteiger partial charge in [0.05, 0.1) is 18.2 Å². The molecule has 1 aliphatic heterocycles. The third-order valence-corrected chi connectivity index (χ3v) is 7.29. The van der Waals surface area contributed by atoms with E-state index >= 15 is 0 Å². The van der Waals surface area contributed by atoms with E-state index in [0.29, 0.717) is 11.4 Å². The number of esters is 1. The molecule has 0 saturated carbocycles. The number of hydrogen-bond donors (Lipinski definition) is 0. The number of hydrogen-bond acceptors (Lipinski definition) is 7. The molecule has 1 aromatic heterocycles. The number of ether oxygens (including phenoxy) is 2. The van der Waals surface area contributed by atoms with Crippen molar-refractivity contribution in [1.29, 1.82) is 0 Å². The molecule has 148 valence electrons. The smallest absolute Gasteiger partial charge is 0.304 e. The van der Waals surface area contributed by atoms with Gasteiger partial charge in [0.25, 0.3) is 0 Å². The van der Waals surface area contributed by atoms with E-state index in [2.05, 4.69) is 4.98 Å². The van der Waals surface area contributed by atoms with Gasteiger partial charge in [-0.1, -0.05) is 32.4 Å². The Morgan fingerprint density at radius 1 is 1.26 bits per heavy atom. The average Bonchev–Trinajstić information content (AvgIpc) is 2.98. The zero-order valence-electron chi connectivity index (χ0n) is 15.7. The second-order valence-corrected chi connectivity index (χ2v) is 10.2. The van der Waals surface area contributed by atoms with Crippen molar-refractivity contribution >= 4 is 38.5 Å². The van der Waals surface area contributed by atoms with Crippen molar-refractivity contribution in [3.05, 3.63) is 23.0 Å². The molecule has 7 nitrogen and oxygen atoms in total. The highest BCUT2D eigenvalue weighted by Crippen LogP contribution is 2.42. The van der Waals surface area contributed by atoms with E-state index in [9.17, 15) is 13.2 Å². The topological polar surface area (TPSA) is 95.7 Å². The Kier molecular flexibility index (Phi) is 5.03. The SMILES string of the molecule is CC(=O)OC1(S(=O)(=O)c2c(Cl)ccc3nc(C(C)(C)C)oc23)CCOCC1. The number of carbonyl (C=O) groups is 1. The quantitative estimate of drug-likeness (QED) is 0.706. The normalized spacial score (nSPS) is 17.8. The zero-order valence-corrected chi connectivity index (χ0v) is 17.2. The summed E-state index contributed by atoms with van der Waals surface area (Å²) in [6.45, 7) is 7.22. The molecule has 0 spiro atoms. The Labute approximate surface area is 162 Å². The Morgan fingerprint density at radius 3 is 2.44 bits per heavy atom. The number of oxazole rings is 1. The van der Waals surface area contributed by atoms with Gasteiger partial charge in [-0.15, -0.1) is 0 Å².